The van der Waals surface area contributed by atoms with Crippen molar-refractivity contribution in [1.29, 1.82) is 0 Å². The molecule has 0 saturated carbocycles. The second kappa shape index (κ2) is 6.69. The molecule has 2 aliphatic rings. The lowest BCUT2D eigenvalue weighted by Crippen LogP contribution is -2.46. The van der Waals surface area contributed by atoms with Crippen LogP contribution in [0.2, 0.25) is 0 Å². The van der Waals surface area contributed by atoms with Gasteiger partial charge in [-0.05, 0) is 12.8 Å². The van der Waals surface area contributed by atoms with E-state index in [0.717, 1.165) is 26.2 Å². The Labute approximate surface area is 121 Å². The fourth-order valence-corrected chi connectivity index (χ4v) is 5.53. The molecule has 20 heavy (non-hydrogen) atoms. The van der Waals surface area contributed by atoms with Crippen LogP contribution in [0, 0.1) is 0 Å². The van der Waals surface area contributed by atoms with Crippen LogP contribution >= 0.6 is 0 Å². The molecule has 1 atom stereocenters. The highest BCUT2D eigenvalue weighted by atomic mass is 32.2. The molecule has 0 spiro atoms. The Morgan fingerprint density at radius 2 is 1.95 bits per heavy atom. The number of sulfone groups is 1. The molecule has 0 aromatic carbocycles. The topological polar surface area (TPSA) is 95.6 Å². The molecule has 0 aromatic rings. The maximum atomic E-state index is 11.9. The summed E-state index contributed by atoms with van der Waals surface area (Å²) in [6, 6.07) is 0. The first-order chi connectivity index (χ1) is 9.39. The van der Waals surface area contributed by atoms with Crippen molar-refractivity contribution >= 4 is 19.9 Å². The SMILES string of the molecule is O=S(=O)(CCN1CCNCC1)NCC1CCCS1(=O)=O. The first-order valence-electron chi connectivity index (χ1n) is 7.01. The largest absolute Gasteiger partial charge is 0.314 e. The second-order valence-corrected chi connectivity index (χ2v) is 9.72. The lowest BCUT2D eigenvalue weighted by Gasteiger charge is -2.26. The molecule has 0 aromatic heterocycles. The zero-order valence-electron chi connectivity index (χ0n) is 11.5. The van der Waals surface area contributed by atoms with E-state index in [-0.39, 0.29) is 18.1 Å². The van der Waals surface area contributed by atoms with Crippen LogP contribution in [0.1, 0.15) is 12.8 Å². The van der Waals surface area contributed by atoms with Gasteiger partial charge in [-0.15, -0.1) is 0 Å². The molecule has 2 rings (SSSR count). The number of hydrogen-bond acceptors (Lipinski definition) is 6. The summed E-state index contributed by atoms with van der Waals surface area (Å²) < 4.78 is 49.5. The quantitative estimate of drug-likeness (QED) is 0.610. The van der Waals surface area contributed by atoms with Gasteiger partial charge in [0, 0.05) is 39.3 Å². The molecule has 2 N–H and O–H groups in total. The number of hydrogen-bond donors (Lipinski definition) is 2. The smallest absolute Gasteiger partial charge is 0.212 e. The number of nitrogens with one attached hydrogen (secondary N) is 2. The van der Waals surface area contributed by atoms with Crippen LogP contribution in [0.15, 0.2) is 0 Å². The van der Waals surface area contributed by atoms with Gasteiger partial charge in [-0.2, -0.15) is 0 Å². The van der Waals surface area contributed by atoms with Gasteiger partial charge < -0.3 is 5.32 Å². The van der Waals surface area contributed by atoms with E-state index in [1.54, 1.807) is 0 Å². The van der Waals surface area contributed by atoms with E-state index in [0.29, 0.717) is 19.4 Å². The predicted molar refractivity (Wildman–Crippen MR) is 77.9 cm³/mol. The summed E-state index contributed by atoms with van der Waals surface area (Å²) in [5.74, 6) is 0.208. The Hall–Kier alpha value is -0.220. The molecule has 7 nitrogen and oxygen atoms in total. The van der Waals surface area contributed by atoms with Crippen molar-refractivity contribution in [2.75, 3.05) is 50.8 Å². The van der Waals surface area contributed by atoms with Crippen molar-refractivity contribution in [3.8, 4) is 0 Å². The minimum Gasteiger partial charge on any atom is -0.314 e. The van der Waals surface area contributed by atoms with Gasteiger partial charge in [-0.1, -0.05) is 0 Å². The Bertz CT molecular complexity index is 512. The predicted octanol–water partition coefficient (Wildman–Crippen LogP) is -1.61. The van der Waals surface area contributed by atoms with E-state index >= 15 is 0 Å². The van der Waals surface area contributed by atoms with Gasteiger partial charge in [0.05, 0.1) is 16.8 Å². The Balaban J connectivity index is 1.76. The standard InChI is InChI=1S/C11H23N3O4S2/c15-19(16)8-1-2-11(19)10-13-20(17,18)9-7-14-5-3-12-4-6-14/h11-13H,1-10H2. The summed E-state index contributed by atoms with van der Waals surface area (Å²) >= 11 is 0. The fourth-order valence-electron chi connectivity index (χ4n) is 2.56. The van der Waals surface area contributed by atoms with Gasteiger partial charge in [-0.25, -0.2) is 21.6 Å². The van der Waals surface area contributed by atoms with E-state index in [9.17, 15) is 16.8 Å². The molecule has 2 saturated heterocycles. The molecule has 2 heterocycles. The Morgan fingerprint density at radius 1 is 1.25 bits per heavy atom. The van der Waals surface area contributed by atoms with E-state index in [2.05, 4.69) is 14.9 Å². The highest BCUT2D eigenvalue weighted by molar-refractivity contribution is 7.92. The molecule has 0 amide bonds. The van der Waals surface area contributed by atoms with E-state index in [1.807, 2.05) is 0 Å². The number of sulfonamides is 1. The third-order valence-corrected chi connectivity index (χ3v) is 7.48. The lowest BCUT2D eigenvalue weighted by molar-refractivity contribution is 0.253. The second-order valence-electron chi connectivity index (χ2n) is 5.39. The van der Waals surface area contributed by atoms with Crippen LogP contribution in [0.25, 0.3) is 0 Å². The van der Waals surface area contributed by atoms with Crippen molar-refractivity contribution < 1.29 is 16.8 Å². The molecular weight excluding hydrogens is 302 g/mol. The highest BCUT2D eigenvalue weighted by Gasteiger charge is 2.32. The minimum atomic E-state index is -3.40. The van der Waals surface area contributed by atoms with Crippen molar-refractivity contribution in [3.05, 3.63) is 0 Å². The summed E-state index contributed by atoms with van der Waals surface area (Å²) in [5.41, 5.74) is 0. The summed E-state index contributed by atoms with van der Waals surface area (Å²) in [5, 5.41) is 2.66. The minimum absolute atomic E-state index is 0.0201. The van der Waals surface area contributed by atoms with Crippen molar-refractivity contribution in [1.82, 2.24) is 14.9 Å². The van der Waals surface area contributed by atoms with Gasteiger partial charge in [0.1, 0.15) is 0 Å². The van der Waals surface area contributed by atoms with E-state index in [1.165, 1.54) is 0 Å². The van der Waals surface area contributed by atoms with Gasteiger partial charge in [0.2, 0.25) is 10.0 Å². The van der Waals surface area contributed by atoms with Gasteiger partial charge in [-0.3, -0.25) is 4.90 Å². The molecule has 0 bridgehead atoms. The Morgan fingerprint density at radius 3 is 2.55 bits per heavy atom. The normalized spacial score (nSPS) is 27.7. The van der Waals surface area contributed by atoms with Crippen molar-refractivity contribution in [2.24, 2.45) is 0 Å². The first-order valence-corrected chi connectivity index (χ1v) is 10.4. The molecule has 2 fully saturated rings. The molecule has 0 radical (unpaired) electrons. The molecule has 0 aliphatic carbocycles. The summed E-state index contributed by atoms with van der Waals surface area (Å²) in [4.78, 5) is 2.10. The first kappa shape index (κ1) is 16.2. The third kappa shape index (κ3) is 4.66. The molecule has 9 heteroatoms. The van der Waals surface area contributed by atoms with Crippen LogP contribution in [0.3, 0.4) is 0 Å². The monoisotopic (exact) mass is 325 g/mol. The van der Waals surface area contributed by atoms with Gasteiger partial charge in [0.25, 0.3) is 0 Å². The number of nitrogens with zero attached hydrogens (tertiary/aromatic N) is 1. The lowest BCUT2D eigenvalue weighted by atomic mass is 10.2. The molecular formula is C11H23N3O4S2. The van der Waals surface area contributed by atoms with Crippen LogP contribution in [-0.4, -0.2) is 77.8 Å². The third-order valence-electron chi connectivity index (χ3n) is 3.88. The molecule has 1 unspecified atom stereocenters. The van der Waals surface area contributed by atoms with Gasteiger partial charge in [0.15, 0.2) is 9.84 Å². The van der Waals surface area contributed by atoms with Crippen LogP contribution in [-0.2, 0) is 19.9 Å². The van der Waals surface area contributed by atoms with Crippen LogP contribution in [0.5, 0.6) is 0 Å². The highest BCUT2D eigenvalue weighted by Crippen LogP contribution is 2.19. The number of rotatable bonds is 6. The average molecular weight is 325 g/mol. The fraction of sp³-hybridized carbons (Fsp3) is 1.00. The Kier molecular flexibility index (Phi) is 5.41. The average Bonchev–Trinajstić information content (AvgIpc) is 2.75. The van der Waals surface area contributed by atoms with Crippen molar-refractivity contribution in [3.63, 3.8) is 0 Å². The maximum Gasteiger partial charge on any atom is 0.212 e. The van der Waals surface area contributed by atoms with Crippen molar-refractivity contribution in [2.45, 2.75) is 18.1 Å². The maximum absolute atomic E-state index is 11.9. The van der Waals surface area contributed by atoms with E-state index in [4.69, 9.17) is 0 Å². The summed E-state index contributed by atoms with van der Waals surface area (Å²) in [7, 11) is -6.49. The molecule has 118 valence electrons. The van der Waals surface area contributed by atoms with Crippen LogP contribution in [0.4, 0.5) is 0 Å². The zero-order valence-corrected chi connectivity index (χ0v) is 13.2. The van der Waals surface area contributed by atoms with E-state index < -0.39 is 25.1 Å². The summed E-state index contributed by atoms with van der Waals surface area (Å²) in [6.45, 7) is 3.99. The summed E-state index contributed by atoms with van der Waals surface area (Å²) in [6.07, 6.45) is 1.19. The zero-order chi connectivity index (χ0) is 14.6. The van der Waals surface area contributed by atoms with Crippen LogP contribution < -0.4 is 10.0 Å². The number of piperazine rings is 1. The molecule has 2 aliphatic heterocycles. The van der Waals surface area contributed by atoms with Gasteiger partial charge >= 0.3 is 0 Å².